The minimum atomic E-state index is 0.361. The van der Waals surface area contributed by atoms with Crippen molar-refractivity contribution >= 4 is 0 Å². The van der Waals surface area contributed by atoms with E-state index in [9.17, 15) is 0 Å². The van der Waals surface area contributed by atoms with Crippen LogP contribution in [0.25, 0.3) is 0 Å². The van der Waals surface area contributed by atoms with Crippen LogP contribution < -0.4 is 10.1 Å². The maximum Gasteiger partial charge on any atom is 0.122 e. The van der Waals surface area contributed by atoms with Gasteiger partial charge >= 0.3 is 0 Å². The molecule has 0 radical (unpaired) electrons. The molecule has 0 heterocycles. The Kier molecular flexibility index (Phi) is 6.01. The highest BCUT2D eigenvalue weighted by molar-refractivity contribution is 5.37. The highest BCUT2D eigenvalue weighted by Gasteiger charge is 2.10. The van der Waals surface area contributed by atoms with E-state index in [-0.39, 0.29) is 0 Å². The number of methoxy groups -OCH3 is 2. The maximum atomic E-state index is 5.35. The summed E-state index contributed by atoms with van der Waals surface area (Å²) in [6, 6.07) is 6.74. The van der Waals surface area contributed by atoms with Gasteiger partial charge in [-0.1, -0.05) is 12.1 Å². The molecule has 3 nitrogen and oxygen atoms in total. The Morgan fingerprint density at radius 1 is 1.29 bits per heavy atom. The molecule has 0 saturated heterocycles. The standard InChI is InChI=1S/C14H23NO2/c1-11-7-8-12(10-14(11)17-4)13(15-2)6-5-9-16-3/h7-8,10,13,15H,5-6,9H2,1-4H3. The quantitative estimate of drug-likeness (QED) is 0.740. The summed E-state index contributed by atoms with van der Waals surface area (Å²) in [5.41, 5.74) is 2.44. The number of hydrogen-bond donors (Lipinski definition) is 1. The van der Waals surface area contributed by atoms with E-state index in [0.717, 1.165) is 25.2 Å². The lowest BCUT2D eigenvalue weighted by Crippen LogP contribution is -2.17. The van der Waals surface area contributed by atoms with Crippen LogP contribution in [-0.4, -0.2) is 27.9 Å². The Labute approximate surface area is 104 Å². The lowest BCUT2D eigenvalue weighted by Gasteiger charge is -2.18. The molecular weight excluding hydrogens is 214 g/mol. The van der Waals surface area contributed by atoms with E-state index in [0.29, 0.717) is 6.04 Å². The zero-order chi connectivity index (χ0) is 12.7. The Morgan fingerprint density at radius 2 is 2.06 bits per heavy atom. The molecule has 0 saturated carbocycles. The smallest absolute Gasteiger partial charge is 0.122 e. The van der Waals surface area contributed by atoms with Gasteiger partial charge in [-0.2, -0.15) is 0 Å². The van der Waals surface area contributed by atoms with E-state index in [1.165, 1.54) is 11.1 Å². The monoisotopic (exact) mass is 237 g/mol. The van der Waals surface area contributed by atoms with Crippen LogP contribution in [0.3, 0.4) is 0 Å². The molecule has 96 valence electrons. The molecule has 0 aliphatic rings. The van der Waals surface area contributed by atoms with E-state index in [1.807, 2.05) is 7.05 Å². The molecule has 17 heavy (non-hydrogen) atoms. The summed E-state index contributed by atoms with van der Waals surface area (Å²) in [6.07, 6.45) is 2.12. The van der Waals surface area contributed by atoms with Crippen LogP contribution in [0.4, 0.5) is 0 Å². The highest BCUT2D eigenvalue weighted by atomic mass is 16.5. The number of ether oxygens (including phenoxy) is 2. The van der Waals surface area contributed by atoms with E-state index < -0.39 is 0 Å². The van der Waals surface area contributed by atoms with Crippen LogP contribution >= 0.6 is 0 Å². The fraction of sp³-hybridized carbons (Fsp3) is 0.571. The molecule has 1 aromatic carbocycles. The van der Waals surface area contributed by atoms with Gasteiger partial charge in [-0.15, -0.1) is 0 Å². The fourth-order valence-corrected chi connectivity index (χ4v) is 1.96. The van der Waals surface area contributed by atoms with Crippen molar-refractivity contribution in [3.8, 4) is 5.75 Å². The van der Waals surface area contributed by atoms with Crippen molar-refractivity contribution in [1.82, 2.24) is 5.32 Å². The third-order valence-electron chi connectivity index (χ3n) is 3.02. The molecule has 0 bridgehead atoms. The predicted octanol–water partition coefficient (Wildman–Crippen LogP) is 2.69. The average molecular weight is 237 g/mol. The Bertz CT molecular complexity index is 339. The molecule has 3 heteroatoms. The van der Waals surface area contributed by atoms with Crippen LogP contribution in [0.5, 0.6) is 5.75 Å². The molecule has 0 aromatic heterocycles. The first-order chi connectivity index (χ1) is 8.22. The summed E-state index contributed by atoms with van der Waals surface area (Å²) in [7, 11) is 5.44. The first-order valence-electron chi connectivity index (χ1n) is 6.03. The molecule has 1 unspecified atom stereocenters. The third-order valence-corrected chi connectivity index (χ3v) is 3.02. The SMILES string of the molecule is CNC(CCCOC)c1ccc(C)c(OC)c1. The second-order valence-electron chi connectivity index (χ2n) is 4.21. The minimum Gasteiger partial charge on any atom is -0.496 e. The lowest BCUT2D eigenvalue weighted by molar-refractivity contribution is 0.189. The number of hydrogen-bond acceptors (Lipinski definition) is 3. The first-order valence-corrected chi connectivity index (χ1v) is 6.03. The van der Waals surface area contributed by atoms with Crippen LogP contribution in [0.2, 0.25) is 0 Å². The van der Waals surface area contributed by atoms with Crippen molar-refractivity contribution in [2.45, 2.75) is 25.8 Å². The van der Waals surface area contributed by atoms with Gasteiger partial charge in [0.15, 0.2) is 0 Å². The molecule has 0 amide bonds. The Morgan fingerprint density at radius 3 is 2.65 bits per heavy atom. The second-order valence-corrected chi connectivity index (χ2v) is 4.21. The van der Waals surface area contributed by atoms with Crippen molar-refractivity contribution in [3.05, 3.63) is 29.3 Å². The van der Waals surface area contributed by atoms with Crippen molar-refractivity contribution in [1.29, 1.82) is 0 Å². The van der Waals surface area contributed by atoms with Crippen LogP contribution in [-0.2, 0) is 4.74 Å². The lowest BCUT2D eigenvalue weighted by atomic mass is 10.0. The van der Waals surface area contributed by atoms with Gasteiger partial charge in [0.1, 0.15) is 5.75 Å². The normalized spacial score (nSPS) is 12.5. The summed E-state index contributed by atoms with van der Waals surface area (Å²) in [4.78, 5) is 0. The number of aryl methyl sites for hydroxylation is 1. The third kappa shape index (κ3) is 4.02. The molecule has 0 spiro atoms. The zero-order valence-electron chi connectivity index (χ0n) is 11.2. The zero-order valence-corrected chi connectivity index (χ0v) is 11.2. The molecule has 1 rings (SSSR count). The molecule has 1 N–H and O–H groups in total. The van der Waals surface area contributed by atoms with Gasteiger partial charge in [0.05, 0.1) is 7.11 Å². The van der Waals surface area contributed by atoms with Gasteiger partial charge < -0.3 is 14.8 Å². The van der Waals surface area contributed by atoms with E-state index in [1.54, 1.807) is 14.2 Å². The van der Waals surface area contributed by atoms with Crippen molar-refractivity contribution in [3.63, 3.8) is 0 Å². The topological polar surface area (TPSA) is 30.5 Å². The second kappa shape index (κ2) is 7.30. The number of benzene rings is 1. The van der Waals surface area contributed by atoms with Gasteiger partial charge in [0.2, 0.25) is 0 Å². The van der Waals surface area contributed by atoms with Crippen molar-refractivity contribution in [2.75, 3.05) is 27.9 Å². The van der Waals surface area contributed by atoms with Crippen LogP contribution in [0.1, 0.15) is 30.0 Å². The minimum absolute atomic E-state index is 0.361. The van der Waals surface area contributed by atoms with Gasteiger partial charge in [-0.3, -0.25) is 0 Å². The van der Waals surface area contributed by atoms with Crippen LogP contribution in [0, 0.1) is 6.92 Å². The first kappa shape index (κ1) is 14.0. The molecule has 0 aliphatic heterocycles. The molecular formula is C14H23NO2. The predicted molar refractivity (Wildman–Crippen MR) is 70.6 cm³/mol. The summed E-state index contributed by atoms with van der Waals surface area (Å²) in [5.74, 6) is 0.953. The maximum absolute atomic E-state index is 5.35. The summed E-state index contributed by atoms with van der Waals surface area (Å²) < 4.78 is 10.4. The van der Waals surface area contributed by atoms with Gasteiger partial charge in [0.25, 0.3) is 0 Å². The molecule has 0 fully saturated rings. The summed E-state index contributed by atoms with van der Waals surface area (Å²) in [6.45, 7) is 2.86. The van der Waals surface area contributed by atoms with E-state index in [4.69, 9.17) is 9.47 Å². The average Bonchev–Trinajstić information content (AvgIpc) is 2.36. The summed E-state index contributed by atoms with van der Waals surface area (Å²) >= 11 is 0. The Balaban J connectivity index is 2.73. The van der Waals surface area contributed by atoms with Crippen molar-refractivity contribution < 1.29 is 9.47 Å². The molecule has 0 aliphatic carbocycles. The highest BCUT2D eigenvalue weighted by Crippen LogP contribution is 2.25. The summed E-state index contributed by atoms with van der Waals surface area (Å²) in [5, 5.41) is 3.34. The molecule has 1 aromatic rings. The number of rotatable bonds is 7. The Hall–Kier alpha value is -1.06. The van der Waals surface area contributed by atoms with E-state index in [2.05, 4.69) is 30.4 Å². The fourth-order valence-electron chi connectivity index (χ4n) is 1.96. The van der Waals surface area contributed by atoms with Crippen molar-refractivity contribution in [2.24, 2.45) is 0 Å². The van der Waals surface area contributed by atoms with Crippen LogP contribution in [0.15, 0.2) is 18.2 Å². The van der Waals surface area contributed by atoms with Gasteiger partial charge in [-0.25, -0.2) is 0 Å². The van der Waals surface area contributed by atoms with Gasteiger partial charge in [-0.05, 0) is 44.0 Å². The number of nitrogens with one attached hydrogen (secondary N) is 1. The van der Waals surface area contributed by atoms with Gasteiger partial charge in [0, 0.05) is 19.8 Å². The largest absolute Gasteiger partial charge is 0.496 e. The van der Waals surface area contributed by atoms with E-state index >= 15 is 0 Å². The molecule has 1 atom stereocenters.